The first kappa shape index (κ1) is 12.5. The van der Waals surface area contributed by atoms with E-state index in [0.717, 1.165) is 18.0 Å². The molecule has 1 nitrogen and oxygen atoms in total. The van der Waals surface area contributed by atoms with Crippen LogP contribution in [0.2, 0.25) is 5.02 Å². The molecule has 1 rings (SSSR count). The Kier molecular flexibility index (Phi) is 5.13. The monoisotopic (exact) mass is 225 g/mol. The van der Waals surface area contributed by atoms with Gasteiger partial charge in [0.2, 0.25) is 0 Å². The molecule has 0 bridgehead atoms. The van der Waals surface area contributed by atoms with Crippen molar-refractivity contribution < 1.29 is 0 Å². The molecule has 0 aliphatic rings. The van der Waals surface area contributed by atoms with Crippen LogP contribution in [0.5, 0.6) is 0 Å². The van der Waals surface area contributed by atoms with E-state index in [1.165, 1.54) is 5.56 Å². The summed E-state index contributed by atoms with van der Waals surface area (Å²) in [6, 6.07) is 8.47. The van der Waals surface area contributed by atoms with Gasteiger partial charge in [0, 0.05) is 11.1 Å². The maximum atomic E-state index is 6.20. The van der Waals surface area contributed by atoms with Gasteiger partial charge in [0.25, 0.3) is 0 Å². The number of hydrogen-bond donors (Lipinski definition) is 1. The predicted octanol–water partition coefficient (Wildman–Crippen LogP) is 4.04. The standard InChI is InChI=1S/C13H20ClN/c1-4-15-13(9-10(2)3)11-7-5-6-8-12(11)14/h5-8,10,13,15H,4,9H2,1-3H3. The second-order valence-electron chi connectivity index (χ2n) is 4.26. The van der Waals surface area contributed by atoms with Crippen LogP contribution in [0.4, 0.5) is 0 Å². The zero-order valence-electron chi connectivity index (χ0n) is 9.76. The highest BCUT2D eigenvalue weighted by atomic mass is 35.5. The number of rotatable bonds is 5. The van der Waals surface area contributed by atoms with E-state index in [0.29, 0.717) is 12.0 Å². The lowest BCUT2D eigenvalue weighted by molar-refractivity contribution is 0.438. The van der Waals surface area contributed by atoms with Gasteiger partial charge in [0.1, 0.15) is 0 Å². The van der Waals surface area contributed by atoms with Crippen LogP contribution >= 0.6 is 11.6 Å². The van der Waals surface area contributed by atoms with Gasteiger partial charge in [0.05, 0.1) is 0 Å². The van der Waals surface area contributed by atoms with E-state index in [1.807, 2.05) is 18.2 Å². The molecule has 1 unspecified atom stereocenters. The predicted molar refractivity (Wildman–Crippen MR) is 67.3 cm³/mol. The lowest BCUT2D eigenvalue weighted by atomic mass is 9.97. The van der Waals surface area contributed by atoms with Crippen LogP contribution in [0, 0.1) is 5.92 Å². The Balaban J connectivity index is 2.83. The van der Waals surface area contributed by atoms with Crippen LogP contribution in [-0.2, 0) is 0 Å². The smallest absolute Gasteiger partial charge is 0.0453 e. The van der Waals surface area contributed by atoms with Gasteiger partial charge in [-0.1, -0.05) is 50.6 Å². The molecule has 0 amide bonds. The third-order valence-electron chi connectivity index (χ3n) is 2.44. The van der Waals surface area contributed by atoms with Crippen molar-refractivity contribution in [2.24, 2.45) is 5.92 Å². The van der Waals surface area contributed by atoms with E-state index in [9.17, 15) is 0 Å². The molecule has 0 aromatic heterocycles. The normalized spacial score (nSPS) is 13.1. The number of hydrogen-bond acceptors (Lipinski definition) is 1. The highest BCUT2D eigenvalue weighted by Crippen LogP contribution is 2.27. The van der Waals surface area contributed by atoms with Gasteiger partial charge in [-0.2, -0.15) is 0 Å². The molecular formula is C13H20ClN. The summed E-state index contributed by atoms with van der Waals surface area (Å²) in [4.78, 5) is 0. The molecule has 1 atom stereocenters. The Morgan fingerprint density at radius 2 is 1.93 bits per heavy atom. The summed E-state index contributed by atoms with van der Waals surface area (Å²) in [6.45, 7) is 7.58. The molecule has 1 N–H and O–H groups in total. The van der Waals surface area contributed by atoms with Crippen LogP contribution in [0.25, 0.3) is 0 Å². The van der Waals surface area contributed by atoms with Crippen molar-refractivity contribution in [3.63, 3.8) is 0 Å². The van der Waals surface area contributed by atoms with Crippen molar-refractivity contribution in [1.82, 2.24) is 5.32 Å². The fourth-order valence-electron chi connectivity index (χ4n) is 1.80. The van der Waals surface area contributed by atoms with E-state index < -0.39 is 0 Å². The topological polar surface area (TPSA) is 12.0 Å². The average molecular weight is 226 g/mol. The Hall–Kier alpha value is -0.530. The van der Waals surface area contributed by atoms with Crippen molar-refractivity contribution in [1.29, 1.82) is 0 Å². The highest BCUT2D eigenvalue weighted by Gasteiger charge is 2.14. The molecule has 2 heteroatoms. The van der Waals surface area contributed by atoms with Crippen molar-refractivity contribution in [2.45, 2.75) is 33.2 Å². The van der Waals surface area contributed by atoms with Gasteiger partial charge < -0.3 is 5.32 Å². The maximum absolute atomic E-state index is 6.20. The minimum atomic E-state index is 0.378. The minimum Gasteiger partial charge on any atom is -0.310 e. The second-order valence-corrected chi connectivity index (χ2v) is 4.67. The largest absolute Gasteiger partial charge is 0.310 e. The van der Waals surface area contributed by atoms with E-state index in [4.69, 9.17) is 11.6 Å². The van der Waals surface area contributed by atoms with Gasteiger partial charge in [-0.05, 0) is 30.5 Å². The lowest BCUT2D eigenvalue weighted by Crippen LogP contribution is -2.22. The molecule has 0 saturated carbocycles. The molecule has 0 saturated heterocycles. The van der Waals surface area contributed by atoms with Crippen molar-refractivity contribution >= 4 is 11.6 Å². The zero-order chi connectivity index (χ0) is 11.3. The first-order chi connectivity index (χ1) is 7.15. The van der Waals surface area contributed by atoms with Gasteiger partial charge >= 0.3 is 0 Å². The van der Waals surface area contributed by atoms with Gasteiger partial charge in [-0.25, -0.2) is 0 Å². The summed E-state index contributed by atoms with van der Waals surface area (Å²) < 4.78 is 0. The fraction of sp³-hybridized carbons (Fsp3) is 0.538. The van der Waals surface area contributed by atoms with Crippen molar-refractivity contribution in [2.75, 3.05) is 6.54 Å². The van der Waals surface area contributed by atoms with E-state index in [2.05, 4.69) is 32.2 Å². The van der Waals surface area contributed by atoms with Crippen LogP contribution in [0.15, 0.2) is 24.3 Å². The molecule has 0 heterocycles. The molecule has 84 valence electrons. The van der Waals surface area contributed by atoms with Crippen LogP contribution in [-0.4, -0.2) is 6.54 Å². The van der Waals surface area contributed by atoms with E-state index in [1.54, 1.807) is 0 Å². The summed E-state index contributed by atoms with van der Waals surface area (Å²) in [7, 11) is 0. The molecule has 1 aromatic carbocycles. The highest BCUT2D eigenvalue weighted by molar-refractivity contribution is 6.31. The minimum absolute atomic E-state index is 0.378. The molecular weight excluding hydrogens is 206 g/mol. The Morgan fingerprint density at radius 1 is 1.27 bits per heavy atom. The molecule has 15 heavy (non-hydrogen) atoms. The molecule has 0 spiro atoms. The molecule has 0 radical (unpaired) electrons. The third kappa shape index (κ3) is 3.84. The first-order valence-corrected chi connectivity index (χ1v) is 6.00. The Morgan fingerprint density at radius 3 is 2.47 bits per heavy atom. The first-order valence-electron chi connectivity index (χ1n) is 5.63. The number of nitrogens with one attached hydrogen (secondary N) is 1. The molecule has 0 aliphatic carbocycles. The van der Waals surface area contributed by atoms with Gasteiger partial charge in [-0.3, -0.25) is 0 Å². The maximum Gasteiger partial charge on any atom is 0.0453 e. The fourth-order valence-corrected chi connectivity index (χ4v) is 2.06. The van der Waals surface area contributed by atoms with Gasteiger partial charge in [0.15, 0.2) is 0 Å². The SMILES string of the molecule is CCNC(CC(C)C)c1ccccc1Cl. The summed E-state index contributed by atoms with van der Waals surface area (Å²) in [5.41, 5.74) is 1.22. The molecule has 1 aromatic rings. The Labute approximate surface area is 97.8 Å². The van der Waals surface area contributed by atoms with E-state index >= 15 is 0 Å². The van der Waals surface area contributed by atoms with Crippen molar-refractivity contribution in [3.05, 3.63) is 34.9 Å². The van der Waals surface area contributed by atoms with Gasteiger partial charge in [-0.15, -0.1) is 0 Å². The summed E-state index contributed by atoms with van der Waals surface area (Å²) in [5, 5.41) is 4.35. The second kappa shape index (κ2) is 6.14. The van der Waals surface area contributed by atoms with E-state index in [-0.39, 0.29) is 0 Å². The Bertz CT molecular complexity index is 296. The summed E-state index contributed by atoms with van der Waals surface area (Å²) in [5.74, 6) is 0.672. The summed E-state index contributed by atoms with van der Waals surface area (Å²) in [6.07, 6.45) is 1.12. The van der Waals surface area contributed by atoms with Crippen molar-refractivity contribution in [3.8, 4) is 0 Å². The van der Waals surface area contributed by atoms with Crippen LogP contribution < -0.4 is 5.32 Å². The molecule has 0 aliphatic heterocycles. The van der Waals surface area contributed by atoms with Crippen LogP contribution in [0.3, 0.4) is 0 Å². The quantitative estimate of drug-likeness (QED) is 0.798. The summed E-state index contributed by atoms with van der Waals surface area (Å²) >= 11 is 6.20. The zero-order valence-corrected chi connectivity index (χ0v) is 10.5. The third-order valence-corrected chi connectivity index (χ3v) is 2.78. The number of benzene rings is 1. The molecule has 0 fully saturated rings. The van der Waals surface area contributed by atoms with Crippen LogP contribution in [0.1, 0.15) is 38.8 Å². The average Bonchev–Trinajstić information content (AvgIpc) is 2.17. The number of halogens is 1. The lowest BCUT2D eigenvalue weighted by Gasteiger charge is -2.21.